The fourth-order valence-electron chi connectivity index (χ4n) is 3.93. The number of aromatic nitrogens is 2. The lowest BCUT2D eigenvalue weighted by Crippen LogP contribution is -2.54. The lowest BCUT2D eigenvalue weighted by Gasteiger charge is -2.26. The number of anilines is 1. The molecule has 0 bridgehead atoms. The van der Waals surface area contributed by atoms with Gasteiger partial charge in [0.05, 0.1) is 15.9 Å². The number of benzene rings is 2. The molecule has 0 unspecified atom stereocenters. The third-order valence-electron chi connectivity index (χ3n) is 5.64. The number of hydrogen-bond acceptors (Lipinski definition) is 5. The number of fused-ring (bicyclic) bond motifs is 1. The lowest BCUT2D eigenvalue weighted by molar-refractivity contribution is -0.122. The molecule has 5 rings (SSSR count). The third-order valence-corrected chi connectivity index (χ3v) is 6.66. The smallest absolute Gasteiger partial charge is 0.294 e. The van der Waals surface area contributed by atoms with Crippen LogP contribution in [0.4, 0.5) is 10.5 Å². The second kappa shape index (κ2) is 7.83. The van der Waals surface area contributed by atoms with Gasteiger partial charge >= 0.3 is 6.03 Å². The summed E-state index contributed by atoms with van der Waals surface area (Å²) < 4.78 is 3.08. The van der Waals surface area contributed by atoms with E-state index in [1.54, 1.807) is 35.6 Å². The number of para-hydroxylation sites is 1. The molecule has 1 aliphatic rings. The molecule has 1 saturated heterocycles. The average Bonchev–Trinajstić information content (AvgIpc) is 3.32. The Bertz CT molecular complexity index is 1440. The largest absolute Gasteiger partial charge is 0.335 e. The Kier molecular flexibility index (Phi) is 4.94. The van der Waals surface area contributed by atoms with Crippen molar-refractivity contribution in [2.75, 3.05) is 4.90 Å². The van der Waals surface area contributed by atoms with Gasteiger partial charge in [0, 0.05) is 11.4 Å². The van der Waals surface area contributed by atoms with Crippen LogP contribution in [0.1, 0.15) is 22.5 Å². The van der Waals surface area contributed by atoms with Crippen molar-refractivity contribution in [3.8, 4) is 5.13 Å². The van der Waals surface area contributed by atoms with E-state index in [4.69, 9.17) is 4.98 Å². The first-order valence-corrected chi connectivity index (χ1v) is 11.2. The average molecular weight is 457 g/mol. The Morgan fingerprint density at radius 2 is 1.70 bits per heavy atom. The van der Waals surface area contributed by atoms with Gasteiger partial charge in [-0.15, -0.1) is 0 Å². The Labute approximate surface area is 194 Å². The van der Waals surface area contributed by atoms with Crippen LogP contribution in [0.3, 0.4) is 0 Å². The third kappa shape index (κ3) is 3.54. The van der Waals surface area contributed by atoms with Gasteiger partial charge in [0.15, 0.2) is 5.13 Å². The highest BCUT2D eigenvalue weighted by molar-refractivity contribution is 7.20. The summed E-state index contributed by atoms with van der Waals surface area (Å²) in [6.07, 6.45) is 1.54. The zero-order chi connectivity index (χ0) is 23.3. The highest BCUT2D eigenvalue weighted by Gasteiger charge is 2.37. The number of hydrogen-bond donors (Lipinski definition) is 1. The van der Waals surface area contributed by atoms with Crippen molar-refractivity contribution >= 4 is 51.2 Å². The van der Waals surface area contributed by atoms with E-state index in [0.717, 1.165) is 37.2 Å². The first-order chi connectivity index (χ1) is 15.8. The summed E-state index contributed by atoms with van der Waals surface area (Å²) in [5.74, 6) is -1.37. The maximum absolute atomic E-state index is 13.2. The van der Waals surface area contributed by atoms with Crippen LogP contribution in [0.5, 0.6) is 0 Å². The van der Waals surface area contributed by atoms with Gasteiger partial charge in [-0.05, 0) is 62.7 Å². The van der Waals surface area contributed by atoms with Crippen molar-refractivity contribution < 1.29 is 14.4 Å². The SMILES string of the molecule is Cc1ccc(N2C(=O)NC(=O)C(=Cc3cc(C)n(-c4nc5ccccc5s4)c3C)C2=O)cc1. The molecule has 0 saturated carbocycles. The van der Waals surface area contributed by atoms with Gasteiger partial charge in [0.2, 0.25) is 0 Å². The lowest BCUT2D eigenvalue weighted by atomic mass is 10.1. The highest BCUT2D eigenvalue weighted by Crippen LogP contribution is 2.30. The molecule has 33 heavy (non-hydrogen) atoms. The topological polar surface area (TPSA) is 84.3 Å². The number of barbiturate groups is 1. The van der Waals surface area contributed by atoms with E-state index in [1.165, 1.54) is 6.08 Å². The van der Waals surface area contributed by atoms with Crippen LogP contribution < -0.4 is 10.2 Å². The van der Waals surface area contributed by atoms with Crippen LogP contribution in [0, 0.1) is 20.8 Å². The highest BCUT2D eigenvalue weighted by atomic mass is 32.1. The minimum Gasteiger partial charge on any atom is -0.294 e. The fraction of sp³-hybridized carbons (Fsp3) is 0.120. The van der Waals surface area contributed by atoms with E-state index >= 15 is 0 Å². The van der Waals surface area contributed by atoms with Crippen molar-refractivity contribution in [2.45, 2.75) is 20.8 Å². The molecule has 2 aromatic heterocycles. The maximum atomic E-state index is 13.2. The number of carbonyl (C=O) groups excluding carboxylic acids is 3. The predicted molar refractivity (Wildman–Crippen MR) is 129 cm³/mol. The monoisotopic (exact) mass is 456 g/mol. The Hall–Kier alpha value is -4.04. The number of nitrogens with one attached hydrogen (secondary N) is 1. The number of imide groups is 2. The van der Waals surface area contributed by atoms with Gasteiger partial charge in [-0.2, -0.15) is 0 Å². The summed E-state index contributed by atoms with van der Waals surface area (Å²) in [6.45, 7) is 5.78. The molecule has 3 heterocycles. The summed E-state index contributed by atoms with van der Waals surface area (Å²) in [7, 11) is 0. The first kappa shape index (κ1) is 20.8. The second-order valence-electron chi connectivity index (χ2n) is 7.92. The van der Waals surface area contributed by atoms with Crippen molar-refractivity contribution in [1.29, 1.82) is 0 Å². The molecular formula is C25H20N4O3S. The number of carbonyl (C=O) groups is 3. The van der Waals surface area contributed by atoms with Crippen LogP contribution >= 0.6 is 11.3 Å². The summed E-state index contributed by atoms with van der Waals surface area (Å²) >= 11 is 1.57. The molecule has 164 valence electrons. The van der Waals surface area contributed by atoms with E-state index in [2.05, 4.69) is 5.32 Å². The molecule has 1 aliphatic heterocycles. The number of thiazole rings is 1. The Balaban J connectivity index is 1.56. The van der Waals surface area contributed by atoms with Gasteiger partial charge < -0.3 is 0 Å². The quantitative estimate of drug-likeness (QED) is 0.358. The molecule has 4 amide bonds. The molecule has 0 atom stereocenters. The molecule has 4 aromatic rings. The minimum atomic E-state index is -0.758. The van der Waals surface area contributed by atoms with Gasteiger partial charge in [-0.3, -0.25) is 19.5 Å². The zero-order valence-corrected chi connectivity index (χ0v) is 19.1. The number of rotatable bonds is 3. The summed E-state index contributed by atoms with van der Waals surface area (Å²) in [5.41, 5.74) is 4.70. The summed E-state index contributed by atoms with van der Waals surface area (Å²) in [6, 6.07) is 16.0. The van der Waals surface area contributed by atoms with E-state index in [0.29, 0.717) is 11.3 Å². The van der Waals surface area contributed by atoms with E-state index in [-0.39, 0.29) is 5.57 Å². The number of amides is 4. The van der Waals surface area contributed by atoms with Crippen molar-refractivity contribution in [2.24, 2.45) is 0 Å². The van der Waals surface area contributed by atoms with Crippen LogP contribution in [0.2, 0.25) is 0 Å². The minimum absolute atomic E-state index is 0.0975. The van der Waals surface area contributed by atoms with Gasteiger partial charge in [-0.25, -0.2) is 14.7 Å². The molecule has 0 spiro atoms. The number of nitrogens with zero attached hydrogens (tertiary/aromatic N) is 3. The second-order valence-corrected chi connectivity index (χ2v) is 8.93. The van der Waals surface area contributed by atoms with E-state index in [9.17, 15) is 14.4 Å². The molecule has 0 aliphatic carbocycles. The predicted octanol–water partition coefficient (Wildman–Crippen LogP) is 4.68. The molecular weight excluding hydrogens is 436 g/mol. The molecule has 8 heteroatoms. The van der Waals surface area contributed by atoms with Gasteiger partial charge in [0.25, 0.3) is 11.8 Å². The van der Waals surface area contributed by atoms with Crippen molar-refractivity contribution in [1.82, 2.24) is 14.9 Å². The number of urea groups is 1. The van der Waals surface area contributed by atoms with Crippen molar-refractivity contribution in [3.63, 3.8) is 0 Å². The molecule has 0 radical (unpaired) electrons. The van der Waals surface area contributed by atoms with E-state index in [1.807, 2.05) is 55.7 Å². The summed E-state index contributed by atoms with van der Waals surface area (Å²) in [4.78, 5) is 43.9. The van der Waals surface area contributed by atoms with Crippen LogP contribution in [0.25, 0.3) is 21.4 Å². The molecule has 1 fully saturated rings. The maximum Gasteiger partial charge on any atom is 0.335 e. The van der Waals surface area contributed by atoms with Crippen LogP contribution in [-0.2, 0) is 9.59 Å². The standard InChI is InChI=1S/C25H20N4O3S/c1-14-8-10-18(11-9-14)29-23(31)19(22(30)27-24(29)32)13-17-12-15(2)28(16(17)3)25-26-20-6-4-5-7-21(20)33-25/h4-13H,1-3H3,(H,27,30,32). The van der Waals surface area contributed by atoms with Crippen LogP contribution in [0.15, 0.2) is 60.2 Å². The van der Waals surface area contributed by atoms with Gasteiger partial charge in [-0.1, -0.05) is 41.2 Å². The van der Waals surface area contributed by atoms with Crippen LogP contribution in [-0.4, -0.2) is 27.4 Å². The molecule has 7 nitrogen and oxygen atoms in total. The van der Waals surface area contributed by atoms with Crippen molar-refractivity contribution in [3.05, 3.63) is 82.7 Å². The Morgan fingerprint density at radius 3 is 2.42 bits per heavy atom. The normalized spacial score (nSPS) is 15.5. The molecule has 2 aromatic carbocycles. The molecule has 1 N–H and O–H groups in total. The zero-order valence-electron chi connectivity index (χ0n) is 18.2. The van der Waals surface area contributed by atoms with E-state index < -0.39 is 17.8 Å². The number of aryl methyl sites for hydroxylation is 2. The summed E-state index contributed by atoms with van der Waals surface area (Å²) in [5, 5.41) is 3.09. The van der Waals surface area contributed by atoms with Gasteiger partial charge in [0.1, 0.15) is 5.57 Å². The first-order valence-electron chi connectivity index (χ1n) is 10.4. The fourth-order valence-corrected chi connectivity index (χ4v) is 5.00. The Morgan fingerprint density at radius 1 is 0.970 bits per heavy atom.